The van der Waals surface area contributed by atoms with Crippen LogP contribution >= 0.6 is 0 Å². The SMILES string of the molecule is CC.Cc1ccc2c(c1)CN(C1CCC(=O)NC1=O)C2=O.NC1CCCCC1. The van der Waals surface area contributed by atoms with E-state index in [0.717, 1.165) is 11.1 Å². The van der Waals surface area contributed by atoms with E-state index in [9.17, 15) is 14.4 Å². The predicted octanol–water partition coefficient (Wildman–Crippen LogP) is 3.06. The Morgan fingerprint density at radius 2 is 1.71 bits per heavy atom. The number of hydrogen-bond donors (Lipinski definition) is 2. The smallest absolute Gasteiger partial charge is 0.255 e. The molecule has 1 aromatic rings. The van der Waals surface area contributed by atoms with Crippen molar-refractivity contribution >= 4 is 17.7 Å². The highest BCUT2D eigenvalue weighted by Crippen LogP contribution is 2.27. The monoisotopic (exact) mass is 387 g/mol. The molecule has 154 valence electrons. The number of benzene rings is 1. The first-order valence-electron chi connectivity index (χ1n) is 10.5. The van der Waals surface area contributed by atoms with Gasteiger partial charge in [-0.1, -0.05) is 50.8 Å². The molecule has 0 spiro atoms. The van der Waals surface area contributed by atoms with E-state index < -0.39 is 6.04 Å². The van der Waals surface area contributed by atoms with E-state index >= 15 is 0 Å². The van der Waals surface area contributed by atoms with E-state index in [-0.39, 0.29) is 24.1 Å². The van der Waals surface area contributed by atoms with Gasteiger partial charge in [0, 0.05) is 24.6 Å². The van der Waals surface area contributed by atoms with E-state index in [2.05, 4.69) is 5.32 Å². The Morgan fingerprint density at radius 3 is 2.29 bits per heavy atom. The molecule has 2 fully saturated rings. The fraction of sp³-hybridized carbons (Fsp3) is 0.591. The number of carbonyl (C=O) groups is 3. The van der Waals surface area contributed by atoms with Crippen LogP contribution in [0, 0.1) is 6.92 Å². The van der Waals surface area contributed by atoms with Crippen LogP contribution in [-0.2, 0) is 16.1 Å². The zero-order chi connectivity index (χ0) is 20.7. The lowest BCUT2D eigenvalue weighted by atomic mass is 9.97. The summed E-state index contributed by atoms with van der Waals surface area (Å²) >= 11 is 0. The Kier molecular flexibility index (Phi) is 8.18. The Bertz CT molecular complexity index is 711. The second-order valence-electron chi connectivity index (χ2n) is 7.46. The van der Waals surface area contributed by atoms with Gasteiger partial charge in [0.2, 0.25) is 11.8 Å². The number of rotatable bonds is 1. The van der Waals surface area contributed by atoms with Crippen LogP contribution in [0.4, 0.5) is 0 Å². The van der Waals surface area contributed by atoms with Gasteiger partial charge in [0.25, 0.3) is 5.91 Å². The van der Waals surface area contributed by atoms with Crippen molar-refractivity contribution < 1.29 is 14.4 Å². The van der Waals surface area contributed by atoms with Crippen molar-refractivity contribution in [2.75, 3.05) is 0 Å². The van der Waals surface area contributed by atoms with Gasteiger partial charge in [0.15, 0.2) is 0 Å². The molecule has 3 amide bonds. The van der Waals surface area contributed by atoms with Gasteiger partial charge in [0.05, 0.1) is 0 Å². The third-order valence-electron chi connectivity index (χ3n) is 5.33. The largest absolute Gasteiger partial charge is 0.328 e. The predicted molar refractivity (Wildman–Crippen MR) is 110 cm³/mol. The van der Waals surface area contributed by atoms with Crippen molar-refractivity contribution in [3.05, 3.63) is 34.9 Å². The van der Waals surface area contributed by atoms with Crippen LogP contribution in [0.15, 0.2) is 18.2 Å². The second kappa shape index (κ2) is 10.4. The van der Waals surface area contributed by atoms with Crippen LogP contribution in [0.1, 0.15) is 80.3 Å². The van der Waals surface area contributed by atoms with Gasteiger partial charge in [-0.25, -0.2) is 0 Å². The lowest BCUT2D eigenvalue weighted by Gasteiger charge is -2.29. The molecule has 3 N–H and O–H groups in total. The normalized spacial score (nSPS) is 21.8. The zero-order valence-electron chi connectivity index (χ0n) is 17.3. The fourth-order valence-corrected chi connectivity index (χ4v) is 3.84. The molecule has 2 aliphatic heterocycles. The van der Waals surface area contributed by atoms with E-state index in [4.69, 9.17) is 5.73 Å². The quantitative estimate of drug-likeness (QED) is 0.724. The molecular formula is C22H33N3O3. The van der Waals surface area contributed by atoms with Crippen LogP contribution in [0.25, 0.3) is 0 Å². The number of aryl methyl sites for hydroxylation is 1. The van der Waals surface area contributed by atoms with Gasteiger partial charge in [-0.15, -0.1) is 0 Å². The summed E-state index contributed by atoms with van der Waals surface area (Å²) in [5.41, 5.74) is 8.34. The molecule has 28 heavy (non-hydrogen) atoms. The number of amides is 3. The number of hydrogen-bond acceptors (Lipinski definition) is 4. The average Bonchev–Trinajstić information content (AvgIpc) is 3.00. The molecule has 1 atom stereocenters. The maximum Gasteiger partial charge on any atom is 0.255 e. The minimum atomic E-state index is -0.530. The van der Waals surface area contributed by atoms with Crippen LogP contribution in [-0.4, -0.2) is 34.7 Å². The van der Waals surface area contributed by atoms with Crippen molar-refractivity contribution in [2.45, 2.75) is 84.3 Å². The van der Waals surface area contributed by atoms with Crippen molar-refractivity contribution in [3.8, 4) is 0 Å². The third kappa shape index (κ3) is 5.41. The molecule has 1 saturated heterocycles. The average molecular weight is 388 g/mol. The van der Waals surface area contributed by atoms with Gasteiger partial charge in [-0.3, -0.25) is 19.7 Å². The third-order valence-corrected chi connectivity index (χ3v) is 5.33. The molecule has 6 heteroatoms. The Morgan fingerprint density at radius 1 is 1.04 bits per heavy atom. The van der Waals surface area contributed by atoms with Crippen LogP contribution in [0.2, 0.25) is 0 Å². The van der Waals surface area contributed by atoms with Crippen molar-refractivity contribution in [1.82, 2.24) is 10.2 Å². The first kappa shape index (κ1) is 22.1. The number of nitrogens with two attached hydrogens (primary N) is 1. The molecule has 1 saturated carbocycles. The molecule has 1 aliphatic carbocycles. The molecule has 1 aromatic carbocycles. The van der Waals surface area contributed by atoms with Gasteiger partial charge in [-0.2, -0.15) is 0 Å². The highest BCUT2D eigenvalue weighted by molar-refractivity contribution is 6.05. The minimum absolute atomic E-state index is 0.121. The number of imide groups is 1. The summed E-state index contributed by atoms with van der Waals surface area (Å²) in [4.78, 5) is 36.8. The standard InChI is InChI=1S/C14H14N2O3.C6H13N.C2H6/c1-8-2-3-10-9(6-8)7-16(14(10)19)11-4-5-12(17)15-13(11)18;7-6-4-2-1-3-5-6;1-2/h2-3,6,11H,4-5,7H2,1H3,(H,15,17,18);6H,1-5,7H2;1-2H3. The van der Waals surface area contributed by atoms with E-state index in [0.29, 0.717) is 24.6 Å². The van der Waals surface area contributed by atoms with Crippen molar-refractivity contribution in [2.24, 2.45) is 5.73 Å². The molecule has 0 aromatic heterocycles. The number of nitrogens with one attached hydrogen (secondary N) is 1. The Labute approximate surface area is 167 Å². The summed E-state index contributed by atoms with van der Waals surface area (Å²) in [6.07, 6.45) is 7.36. The molecule has 3 aliphatic rings. The topological polar surface area (TPSA) is 92.5 Å². The first-order chi connectivity index (χ1) is 13.5. The summed E-state index contributed by atoms with van der Waals surface area (Å²) in [6, 6.07) is 5.68. The summed E-state index contributed by atoms with van der Waals surface area (Å²) in [7, 11) is 0. The Balaban J connectivity index is 0.000000261. The lowest BCUT2D eigenvalue weighted by molar-refractivity contribution is -0.136. The number of piperidine rings is 1. The second-order valence-corrected chi connectivity index (χ2v) is 7.46. The summed E-state index contributed by atoms with van der Waals surface area (Å²) in [6.45, 7) is 6.42. The molecule has 0 radical (unpaired) electrons. The van der Waals surface area contributed by atoms with E-state index in [1.54, 1.807) is 11.0 Å². The number of fused-ring (bicyclic) bond motifs is 1. The highest BCUT2D eigenvalue weighted by atomic mass is 16.2. The van der Waals surface area contributed by atoms with Crippen LogP contribution in [0.5, 0.6) is 0 Å². The Hall–Kier alpha value is -2.21. The maximum atomic E-state index is 12.3. The molecular weight excluding hydrogens is 354 g/mol. The first-order valence-corrected chi connectivity index (χ1v) is 10.5. The summed E-state index contributed by atoms with van der Waals surface area (Å²) < 4.78 is 0. The number of nitrogens with zero attached hydrogens (tertiary/aromatic N) is 1. The lowest BCUT2D eigenvalue weighted by Crippen LogP contribution is -2.52. The minimum Gasteiger partial charge on any atom is -0.328 e. The van der Waals surface area contributed by atoms with Gasteiger partial charge in [-0.05, 0) is 37.8 Å². The van der Waals surface area contributed by atoms with Gasteiger partial charge < -0.3 is 10.6 Å². The molecule has 6 nitrogen and oxygen atoms in total. The van der Waals surface area contributed by atoms with E-state index in [1.165, 1.54) is 32.1 Å². The van der Waals surface area contributed by atoms with Gasteiger partial charge in [0.1, 0.15) is 6.04 Å². The highest BCUT2D eigenvalue weighted by Gasteiger charge is 2.38. The molecule has 0 bridgehead atoms. The van der Waals surface area contributed by atoms with Crippen molar-refractivity contribution in [1.29, 1.82) is 0 Å². The molecule has 2 heterocycles. The molecule has 4 rings (SSSR count). The van der Waals surface area contributed by atoms with Crippen LogP contribution < -0.4 is 11.1 Å². The summed E-state index contributed by atoms with van der Waals surface area (Å²) in [5.74, 6) is -0.750. The maximum absolute atomic E-state index is 12.3. The fourth-order valence-electron chi connectivity index (χ4n) is 3.84. The van der Waals surface area contributed by atoms with Crippen molar-refractivity contribution in [3.63, 3.8) is 0 Å². The van der Waals surface area contributed by atoms with Gasteiger partial charge >= 0.3 is 0 Å². The van der Waals surface area contributed by atoms with E-state index in [1.807, 2.05) is 32.9 Å². The summed E-state index contributed by atoms with van der Waals surface area (Å²) in [5, 5.41) is 2.29. The zero-order valence-corrected chi connectivity index (χ0v) is 17.3. The molecule has 1 unspecified atom stereocenters. The number of carbonyl (C=O) groups excluding carboxylic acids is 3. The van der Waals surface area contributed by atoms with Crippen LogP contribution in [0.3, 0.4) is 0 Å².